The van der Waals surface area contributed by atoms with Gasteiger partial charge in [0.15, 0.2) is 0 Å². The Balaban J connectivity index is 1.46. The van der Waals surface area contributed by atoms with E-state index in [1.165, 1.54) is 0 Å². The molecule has 2 fully saturated rings. The quantitative estimate of drug-likeness (QED) is 0.368. The number of nitrogens with zero attached hydrogens (tertiary/aromatic N) is 1. The Bertz CT molecular complexity index is 1160. The monoisotopic (exact) mass is 554 g/mol. The molecule has 0 saturated heterocycles. The Morgan fingerprint density at radius 3 is 2.23 bits per heavy atom. The summed E-state index contributed by atoms with van der Waals surface area (Å²) < 4.78 is 27.3. The minimum Gasteiger partial charge on any atom is -0.344 e. The third-order valence-electron chi connectivity index (χ3n) is 7.84. The second-order valence-corrected chi connectivity index (χ2v) is 10.8. The summed E-state index contributed by atoms with van der Waals surface area (Å²) in [5, 5.41) is 8.14. The molecule has 2 aliphatic carbocycles. The molecule has 3 N–H and O–H groups in total. The summed E-state index contributed by atoms with van der Waals surface area (Å²) in [6, 6.07) is 12.2. The van der Waals surface area contributed by atoms with Crippen LogP contribution in [0.5, 0.6) is 0 Å². The van der Waals surface area contributed by atoms with Crippen molar-refractivity contribution in [1.29, 1.82) is 0 Å². The summed E-state index contributed by atoms with van der Waals surface area (Å²) in [6.45, 7) is 0.0542. The van der Waals surface area contributed by atoms with Gasteiger partial charge < -0.3 is 16.0 Å². The van der Waals surface area contributed by atoms with Crippen molar-refractivity contribution < 1.29 is 28.0 Å². The van der Waals surface area contributed by atoms with E-state index in [1.807, 2.05) is 6.07 Å². The highest BCUT2D eigenvalue weighted by Gasteiger charge is 2.40. The zero-order chi connectivity index (χ0) is 28.5. The number of rotatable bonds is 11. The Labute approximate surface area is 232 Å². The van der Waals surface area contributed by atoms with Gasteiger partial charge in [0.2, 0.25) is 23.5 Å². The van der Waals surface area contributed by atoms with Crippen molar-refractivity contribution >= 4 is 23.5 Å². The van der Waals surface area contributed by atoms with E-state index < -0.39 is 47.4 Å². The number of alkyl halides is 2. The molecule has 2 saturated carbocycles. The summed E-state index contributed by atoms with van der Waals surface area (Å²) in [6.07, 6.45) is 4.34. The largest absolute Gasteiger partial charge is 0.344 e. The van der Waals surface area contributed by atoms with Crippen molar-refractivity contribution in [1.82, 2.24) is 20.9 Å². The van der Waals surface area contributed by atoms with Gasteiger partial charge >= 0.3 is 0 Å². The van der Waals surface area contributed by atoms with Crippen LogP contribution < -0.4 is 16.0 Å². The van der Waals surface area contributed by atoms with Gasteiger partial charge in [0.25, 0.3) is 5.91 Å². The van der Waals surface area contributed by atoms with Crippen LogP contribution in [0.2, 0.25) is 0 Å². The average molecular weight is 555 g/mol. The molecule has 0 radical (unpaired) electrons. The molecule has 3 amide bonds. The van der Waals surface area contributed by atoms with Gasteiger partial charge in [-0.2, -0.15) is 0 Å². The zero-order valence-corrected chi connectivity index (χ0v) is 22.4. The van der Waals surface area contributed by atoms with Crippen LogP contribution in [0.3, 0.4) is 0 Å². The Hall–Kier alpha value is -3.69. The fourth-order valence-corrected chi connectivity index (χ4v) is 5.50. The lowest BCUT2D eigenvalue weighted by atomic mass is 9.85. The van der Waals surface area contributed by atoms with Gasteiger partial charge in [-0.15, -0.1) is 0 Å². The van der Waals surface area contributed by atoms with Crippen LogP contribution in [-0.2, 0) is 32.1 Å². The number of hydrogen-bond acceptors (Lipinski definition) is 5. The van der Waals surface area contributed by atoms with Crippen LogP contribution in [0.15, 0.2) is 54.7 Å². The predicted octanol–water partition coefficient (Wildman–Crippen LogP) is 3.49. The number of aromatic nitrogens is 1. The van der Waals surface area contributed by atoms with Crippen LogP contribution in [0.1, 0.15) is 62.6 Å². The van der Waals surface area contributed by atoms with Crippen LogP contribution in [0.4, 0.5) is 8.78 Å². The minimum atomic E-state index is -2.76. The molecule has 10 heteroatoms. The van der Waals surface area contributed by atoms with E-state index in [2.05, 4.69) is 20.9 Å². The SMILES string of the molecule is O=C(NCc1ccccn1)C(=O)[C@@H](Cc1ccccc1)NC(=O)[C@H](NC(=O)C1CCC(F)(F)CC1)C1CCCC1. The van der Waals surface area contributed by atoms with E-state index in [0.717, 1.165) is 31.2 Å². The van der Waals surface area contributed by atoms with Crippen LogP contribution in [0.25, 0.3) is 0 Å². The van der Waals surface area contributed by atoms with Gasteiger partial charge in [-0.25, -0.2) is 8.78 Å². The number of pyridine rings is 1. The molecule has 2 aromatic rings. The van der Waals surface area contributed by atoms with Gasteiger partial charge in [0.1, 0.15) is 12.1 Å². The smallest absolute Gasteiger partial charge is 0.289 e. The van der Waals surface area contributed by atoms with E-state index in [-0.39, 0.29) is 44.6 Å². The van der Waals surface area contributed by atoms with E-state index in [9.17, 15) is 28.0 Å². The van der Waals surface area contributed by atoms with Gasteiger partial charge in [-0.3, -0.25) is 24.2 Å². The number of ketones is 1. The van der Waals surface area contributed by atoms with E-state index >= 15 is 0 Å². The third-order valence-corrected chi connectivity index (χ3v) is 7.84. The Morgan fingerprint density at radius 2 is 1.57 bits per heavy atom. The summed E-state index contributed by atoms with van der Waals surface area (Å²) in [5.74, 6) is -6.11. The highest BCUT2D eigenvalue weighted by atomic mass is 19.3. The number of Topliss-reactive ketones (excluding diaryl/α,β-unsaturated/α-hetero) is 1. The zero-order valence-electron chi connectivity index (χ0n) is 22.4. The summed E-state index contributed by atoms with van der Waals surface area (Å²) >= 11 is 0. The van der Waals surface area contributed by atoms with E-state index in [4.69, 9.17) is 0 Å². The number of amides is 3. The molecular weight excluding hydrogens is 518 g/mol. The van der Waals surface area contributed by atoms with Crippen LogP contribution in [0, 0.1) is 11.8 Å². The molecule has 4 rings (SSSR count). The molecule has 1 heterocycles. The Kier molecular flexibility index (Phi) is 9.95. The second-order valence-electron chi connectivity index (χ2n) is 10.8. The molecule has 0 aliphatic heterocycles. The van der Waals surface area contributed by atoms with Crippen LogP contribution in [-0.4, -0.2) is 46.5 Å². The fourth-order valence-electron chi connectivity index (χ4n) is 5.50. The van der Waals surface area contributed by atoms with E-state index in [1.54, 1.807) is 48.7 Å². The maximum Gasteiger partial charge on any atom is 0.289 e. The number of carbonyl (C=O) groups excluding carboxylic acids is 4. The van der Waals surface area contributed by atoms with Gasteiger partial charge in [0.05, 0.1) is 12.2 Å². The Morgan fingerprint density at radius 1 is 0.900 bits per heavy atom. The van der Waals surface area contributed by atoms with Crippen molar-refractivity contribution in [2.24, 2.45) is 11.8 Å². The number of hydrogen-bond donors (Lipinski definition) is 3. The molecule has 1 aromatic carbocycles. The highest BCUT2D eigenvalue weighted by molar-refractivity contribution is 6.38. The van der Waals surface area contributed by atoms with E-state index in [0.29, 0.717) is 5.69 Å². The fraction of sp³-hybridized carbons (Fsp3) is 0.500. The first-order valence-electron chi connectivity index (χ1n) is 14.0. The molecular formula is C30H36F2N4O4. The molecule has 0 spiro atoms. The molecule has 40 heavy (non-hydrogen) atoms. The van der Waals surface area contributed by atoms with Crippen molar-refractivity contribution in [2.75, 3.05) is 0 Å². The topological polar surface area (TPSA) is 117 Å². The average Bonchev–Trinajstić information content (AvgIpc) is 3.49. The molecule has 214 valence electrons. The molecule has 1 aromatic heterocycles. The van der Waals surface area contributed by atoms with Crippen molar-refractivity contribution in [3.05, 3.63) is 66.0 Å². The summed E-state index contributed by atoms with van der Waals surface area (Å²) in [4.78, 5) is 56.9. The first kappa shape index (κ1) is 29.3. The van der Waals surface area contributed by atoms with Crippen molar-refractivity contribution in [3.8, 4) is 0 Å². The second kappa shape index (κ2) is 13.6. The minimum absolute atomic E-state index is 0.0542. The molecule has 0 bridgehead atoms. The molecule has 0 unspecified atom stereocenters. The van der Waals surface area contributed by atoms with Gasteiger partial charge in [-0.1, -0.05) is 49.2 Å². The van der Waals surface area contributed by atoms with Gasteiger partial charge in [-0.05, 0) is 49.3 Å². The normalized spacial score (nSPS) is 18.9. The number of halogens is 2. The lowest BCUT2D eigenvalue weighted by Gasteiger charge is -2.31. The lowest BCUT2D eigenvalue weighted by molar-refractivity contribution is -0.141. The first-order chi connectivity index (χ1) is 19.2. The molecule has 2 atom stereocenters. The summed E-state index contributed by atoms with van der Waals surface area (Å²) in [5.41, 5.74) is 1.33. The van der Waals surface area contributed by atoms with Crippen LogP contribution >= 0.6 is 0 Å². The maximum absolute atomic E-state index is 13.6. The highest BCUT2D eigenvalue weighted by Crippen LogP contribution is 2.36. The first-order valence-corrected chi connectivity index (χ1v) is 14.0. The third kappa shape index (κ3) is 8.16. The predicted molar refractivity (Wildman–Crippen MR) is 144 cm³/mol. The van der Waals surface area contributed by atoms with Crippen molar-refractivity contribution in [3.63, 3.8) is 0 Å². The number of carbonyl (C=O) groups is 4. The standard InChI is InChI=1S/C30H36F2N4O4/c31-30(32)15-13-22(14-16-30)27(38)36-25(21-10-4-5-11-21)28(39)35-24(18-20-8-2-1-3-9-20)26(37)29(40)34-19-23-12-6-7-17-33-23/h1-3,6-9,12,17,21-22,24-25H,4-5,10-11,13-16,18-19H2,(H,34,40)(H,35,39)(H,36,38)/t24-,25-/m1/s1. The number of benzene rings is 1. The molecule has 2 aliphatic rings. The maximum atomic E-state index is 13.6. The van der Waals surface area contributed by atoms with Crippen molar-refractivity contribution in [2.45, 2.75) is 82.3 Å². The lowest BCUT2D eigenvalue weighted by Crippen LogP contribution is -2.57. The molecule has 8 nitrogen and oxygen atoms in total. The van der Waals surface area contributed by atoms with Gasteiger partial charge in [0, 0.05) is 31.4 Å². The summed E-state index contributed by atoms with van der Waals surface area (Å²) in [7, 11) is 0. The number of nitrogens with one attached hydrogen (secondary N) is 3.